The summed E-state index contributed by atoms with van der Waals surface area (Å²) in [4.78, 5) is 14.8. The van der Waals surface area contributed by atoms with E-state index in [0.717, 1.165) is 34.8 Å². The van der Waals surface area contributed by atoms with Crippen molar-refractivity contribution in [3.05, 3.63) is 20.8 Å². The number of likely N-dealkylation sites (tertiary alicyclic amines) is 1. The van der Waals surface area contributed by atoms with Gasteiger partial charge < -0.3 is 9.64 Å². The number of thiophene rings is 1. The Hall–Kier alpha value is -0.390. The molecule has 0 aliphatic carbocycles. The molecule has 5 heteroatoms. The van der Waals surface area contributed by atoms with Crippen molar-refractivity contribution < 1.29 is 9.53 Å². The Morgan fingerprint density at radius 1 is 1.69 bits per heavy atom. The van der Waals surface area contributed by atoms with Gasteiger partial charge in [-0.1, -0.05) is 0 Å². The number of amides is 1. The number of hydrogen-bond donors (Lipinski definition) is 0. The molecule has 0 radical (unpaired) electrons. The Balaban J connectivity index is 1.97. The largest absolute Gasteiger partial charge is 0.384 e. The fraction of sp³-hybridized carbons (Fsp3) is 0.545. The number of halogens is 1. The fourth-order valence-corrected chi connectivity index (χ4v) is 3.33. The summed E-state index contributed by atoms with van der Waals surface area (Å²) in [6.45, 7) is 2.42. The molecule has 0 saturated carbocycles. The van der Waals surface area contributed by atoms with Crippen LogP contribution in [0.15, 0.2) is 15.9 Å². The van der Waals surface area contributed by atoms with Crippen LogP contribution in [0, 0.1) is 5.92 Å². The summed E-state index contributed by atoms with van der Waals surface area (Å²) in [5.74, 6) is 0.645. The Morgan fingerprint density at radius 3 is 3.12 bits per heavy atom. The monoisotopic (exact) mass is 303 g/mol. The number of carbonyl (C=O) groups excluding carboxylic acids is 1. The molecule has 1 aromatic rings. The molecule has 1 aliphatic rings. The van der Waals surface area contributed by atoms with E-state index in [4.69, 9.17) is 4.74 Å². The minimum atomic E-state index is 0.148. The lowest BCUT2D eigenvalue weighted by Gasteiger charge is -2.15. The maximum absolute atomic E-state index is 12.1. The standard InChI is InChI=1S/C11H14BrNO2S/c1-15-7-8-4-5-13(6-8)11(14)9-2-3-10(12)16-9/h2-3,8H,4-7H2,1H3. The second-order valence-electron chi connectivity index (χ2n) is 3.96. The van der Waals surface area contributed by atoms with E-state index in [1.54, 1.807) is 7.11 Å². The van der Waals surface area contributed by atoms with Crippen LogP contribution in [0.5, 0.6) is 0 Å². The van der Waals surface area contributed by atoms with Gasteiger partial charge in [0.1, 0.15) is 0 Å². The topological polar surface area (TPSA) is 29.5 Å². The SMILES string of the molecule is COCC1CCN(C(=O)c2ccc(Br)s2)C1. The molecule has 1 aromatic heterocycles. The van der Waals surface area contributed by atoms with Gasteiger partial charge in [-0.25, -0.2) is 0 Å². The Kier molecular flexibility index (Phi) is 4.00. The molecule has 0 spiro atoms. The molecule has 3 nitrogen and oxygen atoms in total. The summed E-state index contributed by atoms with van der Waals surface area (Å²) in [5.41, 5.74) is 0. The first-order valence-corrected chi connectivity index (χ1v) is 6.85. The van der Waals surface area contributed by atoms with Crippen LogP contribution in [0.2, 0.25) is 0 Å². The number of carbonyl (C=O) groups is 1. The second-order valence-corrected chi connectivity index (χ2v) is 6.43. The summed E-state index contributed by atoms with van der Waals surface area (Å²) < 4.78 is 6.12. The zero-order valence-electron chi connectivity index (χ0n) is 9.11. The molecule has 0 N–H and O–H groups in total. The highest BCUT2D eigenvalue weighted by Gasteiger charge is 2.27. The van der Waals surface area contributed by atoms with E-state index in [2.05, 4.69) is 15.9 Å². The highest BCUT2D eigenvalue weighted by molar-refractivity contribution is 9.11. The van der Waals surface area contributed by atoms with Crippen molar-refractivity contribution in [1.82, 2.24) is 4.90 Å². The molecule has 1 amide bonds. The van der Waals surface area contributed by atoms with E-state index < -0.39 is 0 Å². The van der Waals surface area contributed by atoms with Crippen LogP contribution < -0.4 is 0 Å². The van der Waals surface area contributed by atoms with E-state index in [1.165, 1.54) is 11.3 Å². The number of methoxy groups -OCH3 is 1. The van der Waals surface area contributed by atoms with Gasteiger partial charge in [-0.15, -0.1) is 11.3 Å². The first-order chi connectivity index (χ1) is 7.70. The lowest BCUT2D eigenvalue weighted by Crippen LogP contribution is -2.28. The van der Waals surface area contributed by atoms with Gasteiger partial charge in [-0.05, 0) is 34.5 Å². The molecule has 2 heterocycles. The summed E-state index contributed by atoms with van der Waals surface area (Å²) in [7, 11) is 1.71. The highest BCUT2D eigenvalue weighted by atomic mass is 79.9. The summed E-state index contributed by atoms with van der Waals surface area (Å²) in [5, 5.41) is 0. The molecule has 1 atom stereocenters. The predicted molar refractivity (Wildman–Crippen MR) is 67.9 cm³/mol. The van der Waals surface area contributed by atoms with Gasteiger partial charge in [0.05, 0.1) is 15.3 Å². The molecule has 0 aromatic carbocycles. The second kappa shape index (κ2) is 5.29. The lowest BCUT2D eigenvalue weighted by atomic mass is 10.1. The first kappa shape index (κ1) is 12.1. The van der Waals surface area contributed by atoms with E-state index in [0.29, 0.717) is 5.92 Å². The third-order valence-corrected chi connectivity index (χ3v) is 4.37. The van der Waals surface area contributed by atoms with Crippen molar-refractivity contribution in [2.45, 2.75) is 6.42 Å². The van der Waals surface area contributed by atoms with Crippen LogP contribution in [-0.2, 0) is 4.74 Å². The van der Waals surface area contributed by atoms with Crippen molar-refractivity contribution in [2.75, 3.05) is 26.8 Å². The van der Waals surface area contributed by atoms with Gasteiger partial charge in [-0.3, -0.25) is 4.79 Å². The lowest BCUT2D eigenvalue weighted by molar-refractivity contribution is 0.0780. The molecular weight excluding hydrogens is 290 g/mol. The van der Waals surface area contributed by atoms with Crippen LogP contribution in [0.4, 0.5) is 0 Å². The van der Waals surface area contributed by atoms with Gasteiger partial charge >= 0.3 is 0 Å². The van der Waals surface area contributed by atoms with Gasteiger partial charge in [0.25, 0.3) is 5.91 Å². The molecule has 1 aliphatic heterocycles. The number of rotatable bonds is 3. The van der Waals surface area contributed by atoms with E-state index in [9.17, 15) is 4.79 Å². The molecule has 16 heavy (non-hydrogen) atoms. The zero-order valence-corrected chi connectivity index (χ0v) is 11.5. The summed E-state index contributed by atoms with van der Waals surface area (Å²) in [6, 6.07) is 3.79. The molecule has 1 unspecified atom stereocenters. The van der Waals surface area contributed by atoms with Crippen LogP contribution in [0.25, 0.3) is 0 Å². The predicted octanol–water partition coefficient (Wildman–Crippen LogP) is 2.62. The van der Waals surface area contributed by atoms with E-state index in [-0.39, 0.29) is 5.91 Å². The van der Waals surface area contributed by atoms with E-state index in [1.807, 2.05) is 17.0 Å². The average Bonchev–Trinajstić information content (AvgIpc) is 2.87. The molecular formula is C11H14BrNO2S. The van der Waals surface area contributed by atoms with Gasteiger partial charge in [0.2, 0.25) is 0 Å². The molecule has 1 saturated heterocycles. The first-order valence-electron chi connectivity index (χ1n) is 5.24. The van der Waals surface area contributed by atoms with Crippen LogP contribution in [-0.4, -0.2) is 37.6 Å². The van der Waals surface area contributed by atoms with Crippen molar-refractivity contribution in [3.63, 3.8) is 0 Å². The Morgan fingerprint density at radius 2 is 2.50 bits per heavy atom. The third-order valence-electron chi connectivity index (χ3n) is 2.76. The van der Waals surface area contributed by atoms with Crippen LogP contribution in [0.1, 0.15) is 16.1 Å². The van der Waals surface area contributed by atoms with Crippen molar-refractivity contribution in [1.29, 1.82) is 0 Å². The van der Waals surface area contributed by atoms with Gasteiger partial charge in [0.15, 0.2) is 0 Å². The minimum Gasteiger partial charge on any atom is -0.384 e. The number of ether oxygens (including phenoxy) is 1. The highest BCUT2D eigenvalue weighted by Crippen LogP contribution is 2.25. The summed E-state index contributed by atoms with van der Waals surface area (Å²) in [6.07, 6.45) is 1.05. The van der Waals surface area contributed by atoms with Crippen molar-refractivity contribution in [2.24, 2.45) is 5.92 Å². The number of nitrogens with zero attached hydrogens (tertiary/aromatic N) is 1. The molecule has 88 valence electrons. The van der Waals surface area contributed by atoms with Crippen LogP contribution in [0.3, 0.4) is 0 Å². The Bertz CT molecular complexity index is 380. The quantitative estimate of drug-likeness (QED) is 0.859. The number of hydrogen-bond acceptors (Lipinski definition) is 3. The maximum Gasteiger partial charge on any atom is 0.263 e. The molecule has 2 rings (SSSR count). The van der Waals surface area contributed by atoms with Crippen molar-refractivity contribution in [3.8, 4) is 0 Å². The summed E-state index contributed by atoms with van der Waals surface area (Å²) >= 11 is 4.87. The van der Waals surface area contributed by atoms with E-state index >= 15 is 0 Å². The fourth-order valence-electron chi connectivity index (χ4n) is 1.97. The van der Waals surface area contributed by atoms with Gasteiger partial charge in [-0.2, -0.15) is 0 Å². The maximum atomic E-state index is 12.1. The minimum absolute atomic E-state index is 0.148. The smallest absolute Gasteiger partial charge is 0.263 e. The average molecular weight is 304 g/mol. The third kappa shape index (κ3) is 2.64. The zero-order chi connectivity index (χ0) is 11.5. The molecule has 1 fully saturated rings. The normalized spacial score (nSPS) is 20.4. The Labute approximate surface area is 108 Å². The van der Waals surface area contributed by atoms with Gasteiger partial charge in [0, 0.05) is 26.1 Å². The molecule has 0 bridgehead atoms. The van der Waals surface area contributed by atoms with Crippen molar-refractivity contribution >= 4 is 33.2 Å². The van der Waals surface area contributed by atoms with Crippen LogP contribution >= 0.6 is 27.3 Å².